The van der Waals surface area contributed by atoms with Gasteiger partial charge in [-0.15, -0.1) is 10.2 Å². The van der Waals surface area contributed by atoms with Crippen molar-refractivity contribution in [3.63, 3.8) is 0 Å². The van der Waals surface area contributed by atoms with E-state index in [-0.39, 0.29) is 0 Å². The van der Waals surface area contributed by atoms with Crippen molar-refractivity contribution in [2.24, 2.45) is 7.05 Å². The molecular weight excluding hydrogens is 216 g/mol. The van der Waals surface area contributed by atoms with Crippen LogP contribution in [0.1, 0.15) is 37.3 Å². The second-order valence-corrected chi connectivity index (χ2v) is 4.68. The molecule has 1 saturated heterocycles. The van der Waals surface area contributed by atoms with Crippen molar-refractivity contribution in [3.05, 3.63) is 11.6 Å². The van der Waals surface area contributed by atoms with E-state index in [2.05, 4.69) is 15.5 Å². The SMILES string of the molecule is Cc1nnc(CNCCC2CCCCO2)n1C. The first-order valence-corrected chi connectivity index (χ1v) is 6.44. The summed E-state index contributed by atoms with van der Waals surface area (Å²) >= 11 is 0. The van der Waals surface area contributed by atoms with Crippen molar-refractivity contribution in [2.45, 2.75) is 45.3 Å². The van der Waals surface area contributed by atoms with Gasteiger partial charge in [0.2, 0.25) is 0 Å². The molecule has 5 heteroatoms. The molecule has 0 bridgehead atoms. The average Bonchev–Trinajstić information content (AvgIpc) is 2.67. The highest BCUT2D eigenvalue weighted by Crippen LogP contribution is 2.14. The molecule has 96 valence electrons. The van der Waals surface area contributed by atoms with E-state index in [1.165, 1.54) is 19.3 Å². The molecule has 1 aliphatic heterocycles. The van der Waals surface area contributed by atoms with Crippen molar-refractivity contribution < 1.29 is 4.74 Å². The summed E-state index contributed by atoms with van der Waals surface area (Å²) in [6, 6.07) is 0. The van der Waals surface area contributed by atoms with Gasteiger partial charge in [0, 0.05) is 13.7 Å². The summed E-state index contributed by atoms with van der Waals surface area (Å²) in [6.45, 7) is 4.67. The molecule has 0 aliphatic carbocycles. The fourth-order valence-electron chi connectivity index (χ4n) is 2.10. The van der Waals surface area contributed by atoms with Crippen LogP contribution in [0.4, 0.5) is 0 Å². The van der Waals surface area contributed by atoms with Gasteiger partial charge in [-0.1, -0.05) is 0 Å². The summed E-state index contributed by atoms with van der Waals surface area (Å²) in [5.74, 6) is 1.95. The zero-order valence-corrected chi connectivity index (χ0v) is 10.8. The van der Waals surface area contributed by atoms with Crippen LogP contribution in [0.3, 0.4) is 0 Å². The van der Waals surface area contributed by atoms with E-state index < -0.39 is 0 Å². The second-order valence-electron chi connectivity index (χ2n) is 4.68. The lowest BCUT2D eigenvalue weighted by Crippen LogP contribution is -2.25. The summed E-state index contributed by atoms with van der Waals surface area (Å²) in [5, 5.41) is 11.6. The number of ether oxygens (including phenoxy) is 1. The third kappa shape index (κ3) is 3.51. The molecule has 1 N–H and O–H groups in total. The van der Waals surface area contributed by atoms with Gasteiger partial charge in [0.25, 0.3) is 0 Å². The minimum atomic E-state index is 0.456. The largest absolute Gasteiger partial charge is 0.378 e. The summed E-state index contributed by atoms with van der Waals surface area (Å²) in [6.07, 6.45) is 5.30. The Balaban J connectivity index is 1.64. The molecule has 17 heavy (non-hydrogen) atoms. The second kappa shape index (κ2) is 6.12. The monoisotopic (exact) mass is 238 g/mol. The first-order chi connectivity index (χ1) is 8.27. The smallest absolute Gasteiger partial charge is 0.146 e. The molecule has 1 unspecified atom stereocenters. The van der Waals surface area contributed by atoms with Gasteiger partial charge >= 0.3 is 0 Å². The van der Waals surface area contributed by atoms with Gasteiger partial charge < -0.3 is 14.6 Å². The van der Waals surface area contributed by atoms with E-state index in [1.807, 2.05) is 18.5 Å². The zero-order chi connectivity index (χ0) is 12.1. The molecule has 0 saturated carbocycles. The zero-order valence-electron chi connectivity index (χ0n) is 10.8. The third-order valence-electron chi connectivity index (χ3n) is 3.38. The van der Waals surface area contributed by atoms with Crippen LogP contribution in [0.2, 0.25) is 0 Å². The van der Waals surface area contributed by atoms with Crippen molar-refractivity contribution in [3.8, 4) is 0 Å². The van der Waals surface area contributed by atoms with Gasteiger partial charge in [-0.2, -0.15) is 0 Å². The van der Waals surface area contributed by atoms with E-state index >= 15 is 0 Å². The van der Waals surface area contributed by atoms with Gasteiger partial charge in [-0.3, -0.25) is 0 Å². The van der Waals surface area contributed by atoms with E-state index in [1.54, 1.807) is 0 Å². The Bertz CT molecular complexity index is 344. The Kier molecular flexibility index (Phi) is 4.50. The highest BCUT2D eigenvalue weighted by molar-refractivity contribution is 4.91. The summed E-state index contributed by atoms with van der Waals surface area (Å²) in [5.41, 5.74) is 0. The number of hydrogen-bond donors (Lipinski definition) is 1. The van der Waals surface area contributed by atoms with Gasteiger partial charge in [0.05, 0.1) is 12.6 Å². The van der Waals surface area contributed by atoms with Crippen LogP contribution in [0.25, 0.3) is 0 Å². The fraction of sp³-hybridized carbons (Fsp3) is 0.833. The maximum atomic E-state index is 5.68. The lowest BCUT2D eigenvalue weighted by atomic mass is 10.1. The topological polar surface area (TPSA) is 52.0 Å². The summed E-state index contributed by atoms with van der Waals surface area (Å²) in [4.78, 5) is 0. The van der Waals surface area contributed by atoms with Gasteiger partial charge in [0.15, 0.2) is 0 Å². The Hall–Kier alpha value is -0.940. The van der Waals surface area contributed by atoms with Crippen LogP contribution in [-0.2, 0) is 18.3 Å². The molecule has 1 aliphatic rings. The van der Waals surface area contributed by atoms with E-state index in [4.69, 9.17) is 4.74 Å². The molecule has 1 aromatic rings. The third-order valence-corrected chi connectivity index (χ3v) is 3.38. The molecular formula is C12H22N4O. The normalized spacial score (nSPS) is 20.7. The fourth-order valence-corrected chi connectivity index (χ4v) is 2.10. The molecule has 0 amide bonds. The predicted molar refractivity (Wildman–Crippen MR) is 65.7 cm³/mol. The lowest BCUT2D eigenvalue weighted by molar-refractivity contribution is 0.0115. The molecule has 0 radical (unpaired) electrons. The van der Waals surface area contributed by atoms with Crippen LogP contribution in [0.15, 0.2) is 0 Å². The minimum Gasteiger partial charge on any atom is -0.378 e. The number of aromatic nitrogens is 3. The Morgan fingerprint density at radius 1 is 1.41 bits per heavy atom. The maximum Gasteiger partial charge on any atom is 0.146 e. The number of aryl methyl sites for hydroxylation is 1. The van der Waals surface area contributed by atoms with E-state index in [9.17, 15) is 0 Å². The molecule has 5 nitrogen and oxygen atoms in total. The summed E-state index contributed by atoms with van der Waals surface area (Å²) in [7, 11) is 2.00. The minimum absolute atomic E-state index is 0.456. The van der Waals surface area contributed by atoms with Crippen LogP contribution in [-0.4, -0.2) is 34.0 Å². The van der Waals surface area contributed by atoms with Gasteiger partial charge in [0.1, 0.15) is 11.6 Å². The van der Waals surface area contributed by atoms with Crippen LogP contribution in [0.5, 0.6) is 0 Å². The van der Waals surface area contributed by atoms with Crippen molar-refractivity contribution in [1.82, 2.24) is 20.1 Å². The Morgan fingerprint density at radius 2 is 2.29 bits per heavy atom. The van der Waals surface area contributed by atoms with Gasteiger partial charge in [-0.05, 0) is 39.2 Å². The molecule has 2 heterocycles. The average molecular weight is 238 g/mol. The van der Waals surface area contributed by atoms with E-state index in [0.29, 0.717) is 6.10 Å². The van der Waals surface area contributed by atoms with Crippen molar-refractivity contribution >= 4 is 0 Å². The molecule has 0 spiro atoms. The Morgan fingerprint density at radius 3 is 2.94 bits per heavy atom. The number of rotatable bonds is 5. The van der Waals surface area contributed by atoms with Crippen LogP contribution in [0, 0.1) is 6.92 Å². The maximum absolute atomic E-state index is 5.68. The lowest BCUT2D eigenvalue weighted by Gasteiger charge is -2.22. The predicted octanol–water partition coefficient (Wildman–Crippen LogP) is 1.17. The standard InChI is InChI=1S/C12H22N4O/c1-10-14-15-12(16(10)2)9-13-7-6-11-5-3-4-8-17-11/h11,13H,3-9H2,1-2H3. The number of nitrogens with zero attached hydrogens (tertiary/aromatic N) is 3. The van der Waals surface area contributed by atoms with Crippen LogP contribution >= 0.6 is 0 Å². The molecule has 0 aromatic carbocycles. The first-order valence-electron chi connectivity index (χ1n) is 6.44. The number of nitrogens with one attached hydrogen (secondary N) is 1. The highest BCUT2D eigenvalue weighted by Gasteiger charge is 2.13. The molecule has 2 rings (SSSR count). The first kappa shape index (κ1) is 12.5. The van der Waals surface area contributed by atoms with Gasteiger partial charge in [-0.25, -0.2) is 0 Å². The van der Waals surface area contributed by atoms with Crippen molar-refractivity contribution in [2.75, 3.05) is 13.2 Å². The quantitative estimate of drug-likeness (QED) is 0.782. The van der Waals surface area contributed by atoms with E-state index in [0.717, 1.165) is 37.8 Å². The molecule has 1 atom stereocenters. The molecule has 1 fully saturated rings. The molecule has 1 aromatic heterocycles. The highest BCUT2D eigenvalue weighted by atomic mass is 16.5. The Labute approximate surface area is 103 Å². The summed E-state index contributed by atoms with van der Waals surface area (Å²) < 4.78 is 7.70. The number of hydrogen-bond acceptors (Lipinski definition) is 4. The van der Waals surface area contributed by atoms with Crippen molar-refractivity contribution in [1.29, 1.82) is 0 Å². The van der Waals surface area contributed by atoms with Crippen LogP contribution < -0.4 is 5.32 Å².